The Morgan fingerprint density at radius 1 is 1.45 bits per heavy atom. The number of amides is 1. The molecule has 0 unspecified atom stereocenters. The SMILES string of the molecule is N#CCS(=O)(=O)CC(=O)c1ccc2c(c1)NC(=O)CO2. The largest absolute Gasteiger partial charge is 0.482 e. The summed E-state index contributed by atoms with van der Waals surface area (Å²) in [4.78, 5) is 23.0. The molecule has 0 saturated heterocycles. The number of Topliss-reactive ketones (excluding diaryl/α,β-unsaturated/α-hetero) is 1. The number of ether oxygens (including phenoxy) is 1. The van der Waals surface area contributed by atoms with Gasteiger partial charge in [0, 0.05) is 5.56 Å². The van der Waals surface area contributed by atoms with E-state index in [1.807, 2.05) is 0 Å². The lowest BCUT2D eigenvalue weighted by atomic mass is 10.1. The van der Waals surface area contributed by atoms with Crippen LogP contribution in [-0.4, -0.2) is 38.2 Å². The van der Waals surface area contributed by atoms with Crippen molar-refractivity contribution in [1.82, 2.24) is 0 Å². The first-order valence-corrected chi connectivity index (χ1v) is 7.41. The monoisotopic (exact) mass is 294 g/mol. The summed E-state index contributed by atoms with van der Waals surface area (Å²) in [7, 11) is -3.74. The molecule has 1 amide bonds. The summed E-state index contributed by atoms with van der Waals surface area (Å²) < 4.78 is 28.0. The number of nitriles is 1. The lowest BCUT2D eigenvalue weighted by Gasteiger charge is -2.18. The van der Waals surface area contributed by atoms with Crippen LogP contribution in [0.25, 0.3) is 0 Å². The van der Waals surface area contributed by atoms with Crippen molar-refractivity contribution in [1.29, 1.82) is 5.26 Å². The summed E-state index contributed by atoms with van der Waals surface area (Å²) in [6.45, 7) is -0.100. The molecule has 20 heavy (non-hydrogen) atoms. The summed E-state index contributed by atoms with van der Waals surface area (Å²) in [6.07, 6.45) is 0. The fourth-order valence-corrected chi connectivity index (χ4v) is 2.55. The third-order valence-corrected chi connectivity index (χ3v) is 3.84. The fraction of sp³-hybridized carbons (Fsp3) is 0.250. The Morgan fingerprint density at radius 2 is 2.20 bits per heavy atom. The molecular formula is C12H10N2O5S. The molecule has 1 aliphatic heterocycles. The van der Waals surface area contributed by atoms with Gasteiger partial charge in [0.25, 0.3) is 5.91 Å². The Morgan fingerprint density at radius 3 is 2.90 bits per heavy atom. The summed E-state index contributed by atoms with van der Waals surface area (Å²) >= 11 is 0. The zero-order valence-corrected chi connectivity index (χ0v) is 11.1. The third-order valence-electron chi connectivity index (χ3n) is 2.57. The van der Waals surface area contributed by atoms with Crippen molar-refractivity contribution >= 4 is 27.2 Å². The fourth-order valence-electron chi connectivity index (χ4n) is 1.69. The maximum absolute atomic E-state index is 11.9. The van der Waals surface area contributed by atoms with E-state index < -0.39 is 27.1 Å². The molecule has 0 aromatic heterocycles. The molecule has 8 heteroatoms. The van der Waals surface area contributed by atoms with Crippen molar-refractivity contribution in [2.75, 3.05) is 23.4 Å². The highest BCUT2D eigenvalue weighted by atomic mass is 32.2. The summed E-state index contributed by atoms with van der Waals surface area (Å²) in [5.41, 5.74) is 0.459. The van der Waals surface area contributed by atoms with Crippen molar-refractivity contribution in [2.24, 2.45) is 0 Å². The van der Waals surface area contributed by atoms with Crippen LogP contribution in [0.2, 0.25) is 0 Å². The van der Waals surface area contributed by atoms with Crippen LogP contribution in [0.3, 0.4) is 0 Å². The van der Waals surface area contributed by atoms with Crippen LogP contribution >= 0.6 is 0 Å². The normalized spacial score (nSPS) is 13.7. The Kier molecular flexibility index (Phi) is 3.72. The van der Waals surface area contributed by atoms with E-state index in [4.69, 9.17) is 10.00 Å². The molecule has 2 rings (SSSR count). The first kappa shape index (κ1) is 14.0. The smallest absolute Gasteiger partial charge is 0.262 e. The molecule has 7 nitrogen and oxygen atoms in total. The second-order valence-corrected chi connectivity index (χ2v) is 6.23. The molecule has 104 valence electrons. The van der Waals surface area contributed by atoms with Gasteiger partial charge in [-0.25, -0.2) is 8.42 Å². The van der Waals surface area contributed by atoms with Crippen molar-refractivity contribution in [3.05, 3.63) is 23.8 Å². The van der Waals surface area contributed by atoms with Gasteiger partial charge in [-0.05, 0) is 18.2 Å². The summed E-state index contributed by atoms with van der Waals surface area (Å²) in [6, 6.07) is 5.76. The van der Waals surface area contributed by atoms with E-state index in [1.165, 1.54) is 24.3 Å². The minimum absolute atomic E-state index is 0.100. The van der Waals surface area contributed by atoms with E-state index in [9.17, 15) is 18.0 Å². The van der Waals surface area contributed by atoms with Gasteiger partial charge in [-0.2, -0.15) is 5.26 Å². The minimum atomic E-state index is -3.74. The van der Waals surface area contributed by atoms with E-state index in [-0.39, 0.29) is 18.1 Å². The van der Waals surface area contributed by atoms with Crippen LogP contribution in [0, 0.1) is 11.3 Å². The van der Waals surface area contributed by atoms with Crippen LogP contribution < -0.4 is 10.1 Å². The number of fused-ring (bicyclic) bond motifs is 1. The van der Waals surface area contributed by atoms with Crippen LogP contribution in [0.4, 0.5) is 5.69 Å². The molecule has 1 aromatic carbocycles. The van der Waals surface area contributed by atoms with Gasteiger partial charge in [0.2, 0.25) is 0 Å². The number of carbonyl (C=O) groups is 2. The molecule has 0 aliphatic carbocycles. The van der Waals surface area contributed by atoms with Crippen molar-refractivity contribution < 1.29 is 22.7 Å². The number of benzene rings is 1. The van der Waals surface area contributed by atoms with E-state index >= 15 is 0 Å². The van der Waals surface area contributed by atoms with E-state index in [0.717, 1.165) is 0 Å². The minimum Gasteiger partial charge on any atom is -0.482 e. The molecule has 0 fully saturated rings. The topological polar surface area (TPSA) is 113 Å². The number of ketones is 1. The quantitative estimate of drug-likeness (QED) is 0.790. The van der Waals surface area contributed by atoms with Crippen molar-refractivity contribution in [3.63, 3.8) is 0 Å². The van der Waals surface area contributed by atoms with Gasteiger partial charge < -0.3 is 10.1 Å². The number of hydrogen-bond acceptors (Lipinski definition) is 6. The maximum Gasteiger partial charge on any atom is 0.262 e. The Labute approximate surface area is 115 Å². The first-order chi connectivity index (χ1) is 9.41. The molecule has 1 N–H and O–H groups in total. The number of hydrogen-bond donors (Lipinski definition) is 1. The summed E-state index contributed by atoms with van der Waals surface area (Å²) in [5, 5.41) is 10.9. The van der Waals surface area contributed by atoms with E-state index in [0.29, 0.717) is 11.4 Å². The second-order valence-electron chi connectivity index (χ2n) is 4.16. The lowest BCUT2D eigenvalue weighted by molar-refractivity contribution is -0.118. The van der Waals surface area contributed by atoms with Gasteiger partial charge in [0.05, 0.1) is 11.8 Å². The van der Waals surface area contributed by atoms with Gasteiger partial charge >= 0.3 is 0 Å². The number of sulfone groups is 1. The number of anilines is 1. The van der Waals surface area contributed by atoms with E-state index in [1.54, 1.807) is 0 Å². The molecule has 0 saturated carbocycles. The van der Waals surface area contributed by atoms with E-state index in [2.05, 4.69) is 5.32 Å². The van der Waals surface area contributed by atoms with Crippen LogP contribution in [0.1, 0.15) is 10.4 Å². The number of nitrogens with zero attached hydrogens (tertiary/aromatic N) is 1. The Bertz CT molecular complexity index is 718. The van der Waals surface area contributed by atoms with Gasteiger partial charge in [-0.3, -0.25) is 9.59 Å². The van der Waals surface area contributed by atoms with Gasteiger partial charge in [0.15, 0.2) is 22.2 Å². The zero-order chi connectivity index (χ0) is 14.8. The first-order valence-electron chi connectivity index (χ1n) is 5.58. The maximum atomic E-state index is 11.9. The molecule has 0 bridgehead atoms. The number of nitrogens with one attached hydrogen (secondary N) is 1. The average molecular weight is 294 g/mol. The zero-order valence-electron chi connectivity index (χ0n) is 10.3. The predicted octanol–water partition coefficient (Wildman–Crippen LogP) is 0.139. The number of carbonyl (C=O) groups excluding carboxylic acids is 2. The molecule has 1 heterocycles. The van der Waals surface area contributed by atoms with Crippen LogP contribution in [0.15, 0.2) is 18.2 Å². The molecule has 1 aromatic rings. The average Bonchev–Trinajstić information content (AvgIpc) is 2.37. The standard InChI is InChI=1S/C12H10N2O5S/c13-3-4-20(17,18)7-10(15)8-1-2-11-9(5-8)14-12(16)6-19-11/h1-2,5H,4,6-7H2,(H,14,16). The van der Waals surface area contributed by atoms with Crippen molar-refractivity contribution in [2.45, 2.75) is 0 Å². The van der Waals surface area contributed by atoms with Gasteiger partial charge in [-0.15, -0.1) is 0 Å². The predicted molar refractivity (Wildman–Crippen MR) is 69.2 cm³/mol. The van der Waals surface area contributed by atoms with Crippen LogP contribution in [0.5, 0.6) is 5.75 Å². The molecule has 0 atom stereocenters. The number of rotatable bonds is 4. The lowest BCUT2D eigenvalue weighted by Crippen LogP contribution is -2.26. The van der Waals surface area contributed by atoms with Gasteiger partial charge in [0.1, 0.15) is 17.3 Å². The van der Waals surface area contributed by atoms with Gasteiger partial charge in [-0.1, -0.05) is 0 Å². The summed E-state index contributed by atoms with van der Waals surface area (Å²) in [5.74, 6) is -2.01. The molecule has 0 radical (unpaired) electrons. The van der Waals surface area contributed by atoms with Crippen LogP contribution in [-0.2, 0) is 14.6 Å². The Hall–Kier alpha value is -2.40. The molecular weight excluding hydrogens is 284 g/mol. The van der Waals surface area contributed by atoms with Crippen molar-refractivity contribution in [3.8, 4) is 11.8 Å². The second kappa shape index (κ2) is 5.30. The molecule has 1 aliphatic rings. The Balaban J connectivity index is 2.22. The highest BCUT2D eigenvalue weighted by Crippen LogP contribution is 2.28. The highest BCUT2D eigenvalue weighted by Gasteiger charge is 2.21. The highest BCUT2D eigenvalue weighted by molar-refractivity contribution is 7.92. The third kappa shape index (κ3) is 3.13. The molecule has 0 spiro atoms.